The summed E-state index contributed by atoms with van der Waals surface area (Å²) in [5.74, 6) is 0. The molecular formula is C15H22N2O. The summed E-state index contributed by atoms with van der Waals surface area (Å²) in [7, 11) is 1.73. The van der Waals surface area contributed by atoms with Crippen LogP contribution in [0.4, 0.5) is 0 Å². The van der Waals surface area contributed by atoms with Gasteiger partial charge in [-0.1, -0.05) is 18.2 Å². The van der Waals surface area contributed by atoms with Crippen molar-refractivity contribution in [3.63, 3.8) is 0 Å². The molecule has 3 nitrogen and oxygen atoms in total. The highest BCUT2D eigenvalue weighted by molar-refractivity contribution is 5.83. The topological polar surface area (TPSA) is 26.2 Å². The van der Waals surface area contributed by atoms with Gasteiger partial charge in [-0.3, -0.25) is 0 Å². The van der Waals surface area contributed by atoms with Crippen LogP contribution in [-0.4, -0.2) is 31.4 Å². The summed E-state index contributed by atoms with van der Waals surface area (Å²) in [5.41, 5.74) is 2.77. The number of aromatic nitrogens is 1. The highest BCUT2D eigenvalue weighted by atomic mass is 16.5. The van der Waals surface area contributed by atoms with Crippen LogP contribution >= 0.6 is 0 Å². The number of hydrogen-bond acceptors (Lipinski definition) is 2. The number of ether oxygens (including phenoxy) is 1. The summed E-state index contributed by atoms with van der Waals surface area (Å²) < 4.78 is 7.34. The summed E-state index contributed by atoms with van der Waals surface area (Å²) in [6.45, 7) is 5.91. The first-order chi connectivity index (χ1) is 8.86. The molecule has 0 fully saturated rings. The van der Waals surface area contributed by atoms with Gasteiger partial charge in [-0.25, -0.2) is 0 Å². The van der Waals surface area contributed by atoms with Crippen molar-refractivity contribution in [1.29, 1.82) is 0 Å². The van der Waals surface area contributed by atoms with Gasteiger partial charge < -0.3 is 14.6 Å². The number of benzene rings is 1. The standard InChI is InChI=1S/C15H22N2O/c1-3-17-12-13(8-9-16-10-11-18-2)14-6-4-5-7-15(14)17/h4-7,12,16H,3,8-11H2,1-2H3. The van der Waals surface area contributed by atoms with Gasteiger partial charge in [0.05, 0.1) is 6.61 Å². The van der Waals surface area contributed by atoms with Crippen molar-refractivity contribution in [2.75, 3.05) is 26.8 Å². The van der Waals surface area contributed by atoms with Gasteiger partial charge in [0, 0.05) is 37.3 Å². The Balaban J connectivity index is 2.04. The Morgan fingerprint density at radius 2 is 2.06 bits per heavy atom. The Labute approximate surface area is 109 Å². The lowest BCUT2D eigenvalue weighted by Gasteiger charge is -2.03. The molecule has 1 heterocycles. The highest BCUT2D eigenvalue weighted by Gasteiger charge is 2.06. The van der Waals surface area contributed by atoms with Crippen LogP contribution in [0.2, 0.25) is 0 Å². The van der Waals surface area contributed by atoms with E-state index in [9.17, 15) is 0 Å². The van der Waals surface area contributed by atoms with Gasteiger partial charge in [-0.2, -0.15) is 0 Å². The monoisotopic (exact) mass is 246 g/mol. The van der Waals surface area contributed by atoms with Crippen molar-refractivity contribution in [2.45, 2.75) is 19.9 Å². The Kier molecular flexibility index (Phi) is 4.79. The molecule has 98 valence electrons. The van der Waals surface area contributed by atoms with E-state index in [4.69, 9.17) is 4.74 Å². The lowest BCUT2D eigenvalue weighted by molar-refractivity contribution is 0.199. The van der Waals surface area contributed by atoms with Crippen LogP contribution in [0.3, 0.4) is 0 Å². The van der Waals surface area contributed by atoms with Gasteiger partial charge in [0.15, 0.2) is 0 Å². The lowest BCUT2D eigenvalue weighted by Crippen LogP contribution is -2.21. The average molecular weight is 246 g/mol. The zero-order valence-electron chi connectivity index (χ0n) is 11.3. The number of rotatable bonds is 7. The van der Waals surface area contributed by atoms with E-state index in [1.165, 1.54) is 16.5 Å². The van der Waals surface area contributed by atoms with Crippen molar-refractivity contribution in [1.82, 2.24) is 9.88 Å². The van der Waals surface area contributed by atoms with Gasteiger partial charge in [0.25, 0.3) is 0 Å². The summed E-state index contributed by atoms with van der Waals surface area (Å²) in [6, 6.07) is 8.63. The van der Waals surface area contributed by atoms with Gasteiger partial charge in [0.2, 0.25) is 0 Å². The Bertz CT molecular complexity index is 490. The number of fused-ring (bicyclic) bond motifs is 1. The first-order valence-corrected chi connectivity index (χ1v) is 6.63. The normalized spacial score (nSPS) is 11.2. The van der Waals surface area contributed by atoms with Crippen molar-refractivity contribution >= 4 is 10.9 Å². The molecule has 0 atom stereocenters. The fourth-order valence-corrected chi connectivity index (χ4v) is 2.31. The van der Waals surface area contributed by atoms with E-state index in [0.29, 0.717) is 0 Å². The molecule has 0 radical (unpaired) electrons. The third kappa shape index (κ3) is 2.92. The third-order valence-corrected chi connectivity index (χ3v) is 3.27. The van der Waals surface area contributed by atoms with Crippen LogP contribution in [0.1, 0.15) is 12.5 Å². The van der Waals surface area contributed by atoms with Crippen molar-refractivity contribution in [3.05, 3.63) is 36.0 Å². The van der Waals surface area contributed by atoms with E-state index in [1.807, 2.05) is 0 Å². The maximum atomic E-state index is 5.02. The molecule has 1 aromatic heterocycles. The molecule has 0 saturated heterocycles. The number of nitrogens with zero attached hydrogens (tertiary/aromatic N) is 1. The summed E-state index contributed by atoms with van der Waals surface area (Å²) in [6.07, 6.45) is 3.35. The fraction of sp³-hybridized carbons (Fsp3) is 0.467. The smallest absolute Gasteiger partial charge is 0.0587 e. The Morgan fingerprint density at radius 3 is 2.83 bits per heavy atom. The molecule has 1 N–H and O–H groups in total. The summed E-state index contributed by atoms with van der Waals surface area (Å²) in [4.78, 5) is 0. The van der Waals surface area contributed by atoms with E-state index in [-0.39, 0.29) is 0 Å². The van der Waals surface area contributed by atoms with Gasteiger partial charge >= 0.3 is 0 Å². The molecule has 0 aliphatic heterocycles. The van der Waals surface area contributed by atoms with E-state index >= 15 is 0 Å². The minimum Gasteiger partial charge on any atom is -0.383 e. The molecule has 0 saturated carbocycles. The average Bonchev–Trinajstić information content (AvgIpc) is 2.77. The van der Waals surface area contributed by atoms with Crippen molar-refractivity contribution in [2.24, 2.45) is 0 Å². The fourth-order valence-electron chi connectivity index (χ4n) is 2.31. The van der Waals surface area contributed by atoms with Crippen LogP contribution in [0.5, 0.6) is 0 Å². The van der Waals surface area contributed by atoms with E-state index in [2.05, 4.69) is 47.3 Å². The number of para-hydroxylation sites is 1. The van der Waals surface area contributed by atoms with E-state index < -0.39 is 0 Å². The van der Waals surface area contributed by atoms with Crippen LogP contribution in [-0.2, 0) is 17.7 Å². The molecule has 0 aliphatic rings. The molecule has 2 rings (SSSR count). The molecular weight excluding hydrogens is 224 g/mol. The van der Waals surface area contributed by atoms with Crippen molar-refractivity contribution < 1.29 is 4.74 Å². The minimum atomic E-state index is 0.775. The molecule has 0 amide bonds. The predicted octanol–water partition coefficient (Wildman–Crippen LogP) is 2.44. The molecule has 0 aliphatic carbocycles. The number of nitrogens with one attached hydrogen (secondary N) is 1. The maximum absolute atomic E-state index is 5.02. The number of methoxy groups -OCH3 is 1. The highest BCUT2D eigenvalue weighted by Crippen LogP contribution is 2.21. The summed E-state index contributed by atoms with van der Waals surface area (Å²) >= 11 is 0. The molecule has 0 bridgehead atoms. The second kappa shape index (κ2) is 6.57. The zero-order chi connectivity index (χ0) is 12.8. The lowest BCUT2D eigenvalue weighted by atomic mass is 10.1. The van der Waals surface area contributed by atoms with Gasteiger partial charge in [-0.15, -0.1) is 0 Å². The Morgan fingerprint density at radius 1 is 1.22 bits per heavy atom. The largest absolute Gasteiger partial charge is 0.383 e. The van der Waals surface area contributed by atoms with Crippen molar-refractivity contribution in [3.8, 4) is 0 Å². The van der Waals surface area contributed by atoms with Crippen LogP contribution in [0, 0.1) is 0 Å². The predicted molar refractivity (Wildman–Crippen MR) is 76.1 cm³/mol. The first-order valence-electron chi connectivity index (χ1n) is 6.63. The molecule has 3 heteroatoms. The molecule has 1 aromatic carbocycles. The third-order valence-electron chi connectivity index (χ3n) is 3.27. The summed E-state index contributed by atoms with van der Waals surface area (Å²) in [5, 5.41) is 4.77. The number of aryl methyl sites for hydroxylation is 1. The van der Waals surface area contributed by atoms with Crippen LogP contribution in [0.25, 0.3) is 10.9 Å². The first kappa shape index (κ1) is 13.1. The second-order valence-corrected chi connectivity index (χ2v) is 4.45. The maximum Gasteiger partial charge on any atom is 0.0587 e. The van der Waals surface area contributed by atoms with Crippen LogP contribution < -0.4 is 5.32 Å². The Hall–Kier alpha value is -1.32. The van der Waals surface area contributed by atoms with Gasteiger partial charge in [-0.05, 0) is 31.5 Å². The van der Waals surface area contributed by atoms with E-state index in [1.54, 1.807) is 7.11 Å². The quantitative estimate of drug-likeness (QED) is 0.759. The zero-order valence-corrected chi connectivity index (χ0v) is 11.3. The van der Waals surface area contributed by atoms with E-state index in [0.717, 1.165) is 32.7 Å². The van der Waals surface area contributed by atoms with Crippen LogP contribution in [0.15, 0.2) is 30.5 Å². The van der Waals surface area contributed by atoms with Gasteiger partial charge in [0.1, 0.15) is 0 Å². The molecule has 0 spiro atoms. The number of hydrogen-bond donors (Lipinski definition) is 1. The SMILES string of the molecule is CCn1cc(CCNCCOC)c2ccccc21. The molecule has 0 unspecified atom stereocenters. The second-order valence-electron chi connectivity index (χ2n) is 4.45. The molecule has 2 aromatic rings. The minimum absolute atomic E-state index is 0.775. The molecule has 18 heavy (non-hydrogen) atoms.